The standard InChI is InChI=1S/C12H17NO/c1-14-12-4-2-10(3-5-12)8-11-6-7-13-9-11/h2-5,11,13H,6-9H2,1H3. The first-order valence-corrected chi connectivity index (χ1v) is 5.22. The summed E-state index contributed by atoms with van der Waals surface area (Å²) in [7, 11) is 1.70. The average molecular weight is 191 g/mol. The first-order valence-electron chi connectivity index (χ1n) is 5.22. The van der Waals surface area contributed by atoms with E-state index in [-0.39, 0.29) is 0 Å². The number of rotatable bonds is 3. The topological polar surface area (TPSA) is 21.3 Å². The number of hydrogen-bond donors (Lipinski definition) is 1. The van der Waals surface area contributed by atoms with E-state index in [0.29, 0.717) is 0 Å². The summed E-state index contributed by atoms with van der Waals surface area (Å²) in [5.74, 6) is 1.77. The quantitative estimate of drug-likeness (QED) is 0.787. The van der Waals surface area contributed by atoms with Crippen molar-refractivity contribution in [2.24, 2.45) is 5.92 Å². The third-order valence-electron chi connectivity index (χ3n) is 2.85. The largest absolute Gasteiger partial charge is 0.497 e. The van der Waals surface area contributed by atoms with Crippen molar-refractivity contribution in [1.29, 1.82) is 0 Å². The first-order chi connectivity index (χ1) is 6.88. The Morgan fingerprint density at radius 3 is 2.71 bits per heavy atom. The van der Waals surface area contributed by atoms with E-state index in [2.05, 4.69) is 17.4 Å². The molecular formula is C12H17NO. The van der Waals surface area contributed by atoms with Crippen molar-refractivity contribution in [3.05, 3.63) is 29.8 Å². The fraction of sp³-hybridized carbons (Fsp3) is 0.500. The lowest BCUT2D eigenvalue weighted by Crippen LogP contribution is -2.10. The number of methoxy groups -OCH3 is 1. The average Bonchev–Trinajstić information content (AvgIpc) is 2.72. The van der Waals surface area contributed by atoms with Gasteiger partial charge in [-0.25, -0.2) is 0 Å². The molecule has 1 fully saturated rings. The molecule has 2 heteroatoms. The number of hydrogen-bond acceptors (Lipinski definition) is 2. The maximum atomic E-state index is 5.13. The Balaban J connectivity index is 1.95. The molecule has 1 aromatic carbocycles. The number of nitrogens with one attached hydrogen (secondary N) is 1. The summed E-state index contributed by atoms with van der Waals surface area (Å²) < 4.78 is 5.13. The Morgan fingerprint density at radius 1 is 1.36 bits per heavy atom. The number of ether oxygens (including phenoxy) is 1. The van der Waals surface area contributed by atoms with Crippen molar-refractivity contribution >= 4 is 0 Å². The molecule has 0 aliphatic carbocycles. The molecule has 1 aliphatic rings. The van der Waals surface area contributed by atoms with E-state index in [1.165, 1.54) is 31.5 Å². The number of benzene rings is 1. The van der Waals surface area contributed by atoms with Gasteiger partial charge in [0.05, 0.1) is 7.11 Å². The van der Waals surface area contributed by atoms with Crippen LogP contribution in [0.25, 0.3) is 0 Å². The molecule has 0 bridgehead atoms. The Hall–Kier alpha value is -1.02. The van der Waals surface area contributed by atoms with E-state index < -0.39 is 0 Å². The molecule has 1 aromatic rings. The predicted octanol–water partition coefficient (Wildman–Crippen LogP) is 1.85. The second-order valence-electron chi connectivity index (χ2n) is 3.91. The van der Waals surface area contributed by atoms with Gasteiger partial charge >= 0.3 is 0 Å². The molecule has 1 saturated heterocycles. The van der Waals surface area contributed by atoms with E-state index in [9.17, 15) is 0 Å². The maximum Gasteiger partial charge on any atom is 0.118 e. The zero-order valence-electron chi connectivity index (χ0n) is 8.62. The van der Waals surface area contributed by atoms with Gasteiger partial charge in [-0.1, -0.05) is 12.1 Å². The zero-order chi connectivity index (χ0) is 9.80. The third kappa shape index (κ3) is 2.26. The molecular weight excluding hydrogens is 174 g/mol. The molecule has 1 unspecified atom stereocenters. The third-order valence-corrected chi connectivity index (χ3v) is 2.85. The van der Waals surface area contributed by atoms with Crippen LogP contribution in [0.4, 0.5) is 0 Å². The van der Waals surface area contributed by atoms with Crippen LogP contribution < -0.4 is 10.1 Å². The molecule has 1 atom stereocenters. The predicted molar refractivity (Wildman–Crippen MR) is 57.7 cm³/mol. The van der Waals surface area contributed by atoms with Crippen LogP contribution >= 0.6 is 0 Å². The van der Waals surface area contributed by atoms with Crippen LogP contribution in [0.15, 0.2) is 24.3 Å². The molecule has 0 saturated carbocycles. The highest BCUT2D eigenvalue weighted by atomic mass is 16.5. The Morgan fingerprint density at radius 2 is 2.14 bits per heavy atom. The van der Waals surface area contributed by atoms with Gasteiger partial charge < -0.3 is 10.1 Å². The Bertz CT molecular complexity index is 275. The van der Waals surface area contributed by atoms with E-state index in [1.807, 2.05) is 12.1 Å². The molecule has 0 aromatic heterocycles. The lowest BCUT2D eigenvalue weighted by atomic mass is 9.99. The van der Waals surface area contributed by atoms with E-state index in [1.54, 1.807) is 7.11 Å². The highest BCUT2D eigenvalue weighted by Gasteiger charge is 2.14. The second kappa shape index (κ2) is 4.47. The summed E-state index contributed by atoms with van der Waals surface area (Å²) in [6.07, 6.45) is 2.50. The molecule has 1 aliphatic heterocycles. The molecule has 2 rings (SSSR count). The van der Waals surface area contributed by atoms with Crippen molar-refractivity contribution in [1.82, 2.24) is 5.32 Å². The van der Waals surface area contributed by atoms with Gasteiger partial charge in [-0.2, -0.15) is 0 Å². The summed E-state index contributed by atoms with van der Waals surface area (Å²) >= 11 is 0. The van der Waals surface area contributed by atoms with Crippen molar-refractivity contribution in [2.45, 2.75) is 12.8 Å². The second-order valence-corrected chi connectivity index (χ2v) is 3.91. The van der Waals surface area contributed by atoms with Crippen molar-refractivity contribution in [2.75, 3.05) is 20.2 Å². The molecule has 14 heavy (non-hydrogen) atoms. The fourth-order valence-corrected chi connectivity index (χ4v) is 1.98. The van der Waals surface area contributed by atoms with E-state index >= 15 is 0 Å². The van der Waals surface area contributed by atoms with Gasteiger partial charge in [-0.05, 0) is 49.5 Å². The van der Waals surface area contributed by atoms with Gasteiger partial charge in [0.2, 0.25) is 0 Å². The normalized spacial score (nSPS) is 21.1. The monoisotopic (exact) mass is 191 g/mol. The van der Waals surface area contributed by atoms with Crippen molar-refractivity contribution in [3.8, 4) is 5.75 Å². The summed E-state index contributed by atoms with van der Waals surface area (Å²) in [6, 6.07) is 8.41. The minimum atomic E-state index is 0.823. The van der Waals surface area contributed by atoms with Gasteiger partial charge in [0.25, 0.3) is 0 Å². The Labute approximate surface area is 85.3 Å². The van der Waals surface area contributed by atoms with Gasteiger partial charge in [-0.3, -0.25) is 0 Å². The lowest BCUT2D eigenvalue weighted by Gasteiger charge is -2.08. The fourth-order valence-electron chi connectivity index (χ4n) is 1.98. The molecule has 76 valence electrons. The molecule has 1 N–H and O–H groups in total. The van der Waals surface area contributed by atoms with Crippen molar-refractivity contribution in [3.63, 3.8) is 0 Å². The van der Waals surface area contributed by atoms with Crippen LogP contribution in [-0.2, 0) is 6.42 Å². The summed E-state index contributed by atoms with van der Waals surface area (Å²) in [6.45, 7) is 2.35. The molecule has 0 spiro atoms. The van der Waals surface area contributed by atoms with Gasteiger partial charge in [0.15, 0.2) is 0 Å². The minimum absolute atomic E-state index is 0.823. The molecule has 1 heterocycles. The van der Waals surface area contributed by atoms with Crippen LogP contribution in [0.3, 0.4) is 0 Å². The van der Waals surface area contributed by atoms with Gasteiger partial charge in [0.1, 0.15) is 5.75 Å². The highest BCUT2D eigenvalue weighted by molar-refractivity contribution is 5.27. The SMILES string of the molecule is COc1ccc(CC2CCNC2)cc1. The Kier molecular flexibility index (Phi) is 3.04. The summed E-state index contributed by atoms with van der Waals surface area (Å²) in [5, 5.41) is 3.39. The van der Waals surface area contributed by atoms with Crippen LogP contribution in [0.1, 0.15) is 12.0 Å². The van der Waals surface area contributed by atoms with Crippen LogP contribution in [-0.4, -0.2) is 20.2 Å². The van der Waals surface area contributed by atoms with E-state index in [0.717, 1.165) is 11.7 Å². The lowest BCUT2D eigenvalue weighted by molar-refractivity contribution is 0.414. The summed E-state index contributed by atoms with van der Waals surface area (Å²) in [5.41, 5.74) is 1.42. The maximum absolute atomic E-state index is 5.13. The zero-order valence-corrected chi connectivity index (χ0v) is 8.62. The minimum Gasteiger partial charge on any atom is -0.497 e. The van der Waals surface area contributed by atoms with Gasteiger partial charge in [0, 0.05) is 0 Å². The van der Waals surface area contributed by atoms with Crippen LogP contribution in [0.5, 0.6) is 5.75 Å². The molecule has 2 nitrogen and oxygen atoms in total. The smallest absolute Gasteiger partial charge is 0.118 e. The molecule has 0 radical (unpaired) electrons. The first kappa shape index (κ1) is 9.53. The van der Waals surface area contributed by atoms with Crippen molar-refractivity contribution < 1.29 is 4.74 Å². The van der Waals surface area contributed by atoms with Crippen LogP contribution in [0, 0.1) is 5.92 Å². The van der Waals surface area contributed by atoms with Crippen LogP contribution in [0.2, 0.25) is 0 Å². The van der Waals surface area contributed by atoms with Gasteiger partial charge in [-0.15, -0.1) is 0 Å². The van der Waals surface area contributed by atoms with E-state index in [4.69, 9.17) is 4.74 Å². The molecule has 0 amide bonds. The highest BCUT2D eigenvalue weighted by Crippen LogP contribution is 2.17. The summed E-state index contributed by atoms with van der Waals surface area (Å²) in [4.78, 5) is 0.